The van der Waals surface area contributed by atoms with Crippen LogP contribution in [-0.2, 0) is 14.3 Å². The highest BCUT2D eigenvalue weighted by Crippen LogP contribution is 2.45. The molecule has 0 aliphatic carbocycles. The monoisotopic (exact) mass is 264 g/mol. The van der Waals surface area contributed by atoms with Crippen LogP contribution >= 0.6 is 0 Å². The van der Waals surface area contributed by atoms with E-state index in [2.05, 4.69) is 0 Å². The average Bonchev–Trinajstić information content (AvgIpc) is 2.80. The molecule has 3 rings (SSSR count). The molecule has 0 radical (unpaired) electrons. The van der Waals surface area contributed by atoms with Crippen molar-refractivity contribution in [3.63, 3.8) is 0 Å². The van der Waals surface area contributed by atoms with Gasteiger partial charge < -0.3 is 9.47 Å². The van der Waals surface area contributed by atoms with Gasteiger partial charge in [0.2, 0.25) is 0 Å². The number of methoxy groups -OCH3 is 1. The lowest BCUT2D eigenvalue weighted by Gasteiger charge is -2.35. The van der Waals surface area contributed by atoms with E-state index in [-0.39, 0.29) is 35.8 Å². The maximum absolute atomic E-state index is 13.0. The number of fused-ring (bicyclic) bond motifs is 2. The number of benzene rings is 1. The maximum Gasteiger partial charge on any atom is 0.311 e. The Balaban J connectivity index is 1.92. The zero-order valence-electron chi connectivity index (χ0n) is 10.8. The van der Waals surface area contributed by atoms with Crippen LogP contribution in [0.4, 0.5) is 4.39 Å². The highest BCUT2D eigenvalue weighted by Gasteiger charge is 2.47. The molecule has 0 amide bonds. The van der Waals surface area contributed by atoms with Crippen molar-refractivity contribution < 1.29 is 18.7 Å². The summed E-state index contributed by atoms with van der Waals surface area (Å²) in [4.78, 5) is 12.0. The second-order valence-electron chi connectivity index (χ2n) is 5.32. The van der Waals surface area contributed by atoms with E-state index in [1.54, 1.807) is 12.1 Å². The third-order valence-electron chi connectivity index (χ3n) is 4.26. The smallest absolute Gasteiger partial charge is 0.311 e. The molecule has 3 nitrogen and oxygen atoms in total. The van der Waals surface area contributed by atoms with Crippen molar-refractivity contribution in [2.45, 2.75) is 37.4 Å². The first kappa shape index (κ1) is 12.6. The first-order valence-corrected chi connectivity index (χ1v) is 6.68. The first-order chi connectivity index (χ1) is 9.19. The number of halogens is 1. The third-order valence-corrected chi connectivity index (χ3v) is 4.26. The van der Waals surface area contributed by atoms with E-state index < -0.39 is 0 Å². The molecule has 2 bridgehead atoms. The Labute approximate surface area is 111 Å². The average molecular weight is 264 g/mol. The van der Waals surface area contributed by atoms with Crippen LogP contribution in [0.5, 0.6) is 0 Å². The molecule has 2 aliphatic heterocycles. The minimum Gasteiger partial charge on any atom is -0.469 e. The Morgan fingerprint density at radius 1 is 1.32 bits per heavy atom. The van der Waals surface area contributed by atoms with Gasteiger partial charge in [0.1, 0.15) is 5.82 Å². The maximum atomic E-state index is 13.0. The Hall–Kier alpha value is -1.42. The van der Waals surface area contributed by atoms with Crippen molar-refractivity contribution in [3.05, 3.63) is 35.6 Å². The molecule has 0 N–H and O–H groups in total. The molecule has 2 saturated heterocycles. The van der Waals surface area contributed by atoms with E-state index in [1.165, 1.54) is 19.2 Å². The number of rotatable bonds is 2. The summed E-state index contributed by atoms with van der Waals surface area (Å²) in [5, 5.41) is 0. The van der Waals surface area contributed by atoms with Crippen molar-refractivity contribution in [3.8, 4) is 0 Å². The molecule has 1 aromatic rings. The standard InChI is InChI=1S/C15H17FO3/c1-18-15(17)14-12(8-11-6-7-13(14)19-11)9-2-4-10(16)5-3-9/h2-5,11-14H,6-8H2,1H3/t11?,12-,13?,14-/m0/s1. The van der Waals surface area contributed by atoms with Crippen molar-refractivity contribution in [1.82, 2.24) is 0 Å². The summed E-state index contributed by atoms with van der Waals surface area (Å²) in [7, 11) is 1.41. The SMILES string of the molecule is COC(=O)[C@@H]1C2CCC(C[C@H]1c1ccc(F)cc1)O2. The predicted octanol–water partition coefficient (Wildman–Crippen LogP) is 2.65. The fraction of sp³-hybridized carbons (Fsp3) is 0.533. The molecule has 2 aliphatic rings. The Kier molecular flexibility index (Phi) is 3.27. The van der Waals surface area contributed by atoms with E-state index in [0.717, 1.165) is 24.8 Å². The molecular weight excluding hydrogens is 247 g/mol. The summed E-state index contributed by atoms with van der Waals surface area (Å²) in [5.41, 5.74) is 0.997. The molecule has 1 aromatic carbocycles. The molecular formula is C15H17FO3. The topological polar surface area (TPSA) is 35.5 Å². The van der Waals surface area contributed by atoms with Crippen molar-refractivity contribution in [1.29, 1.82) is 0 Å². The molecule has 0 aromatic heterocycles. The fourth-order valence-electron chi connectivity index (χ4n) is 3.37. The van der Waals surface area contributed by atoms with Crippen LogP contribution in [-0.4, -0.2) is 25.3 Å². The third kappa shape index (κ3) is 2.25. The summed E-state index contributed by atoms with van der Waals surface area (Å²) in [5.74, 6) is -0.679. The summed E-state index contributed by atoms with van der Waals surface area (Å²) in [6.45, 7) is 0. The fourth-order valence-corrected chi connectivity index (χ4v) is 3.37. The highest BCUT2D eigenvalue weighted by atomic mass is 19.1. The van der Waals surface area contributed by atoms with Gasteiger partial charge >= 0.3 is 5.97 Å². The minimum atomic E-state index is -0.269. The lowest BCUT2D eigenvalue weighted by atomic mass is 9.79. The van der Waals surface area contributed by atoms with E-state index in [0.29, 0.717) is 0 Å². The van der Waals surface area contributed by atoms with Crippen LogP contribution in [0.3, 0.4) is 0 Å². The van der Waals surface area contributed by atoms with Gasteiger partial charge in [-0.15, -0.1) is 0 Å². The molecule has 2 fully saturated rings. The van der Waals surface area contributed by atoms with Gasteiger partial charge in [-0.3, -0.25) is 4.79 Å². The van der Waals surface area contributed by atoms with Gasteiger partial charge in [-0.25, -0.2) is 4.39 Å². The van der Waals surface area contributed by atoms with Crippen LogP contribution in [0.1, 0.15) is 30.7 Å². The predicted molar refractivity (Wildman–Crippen MR) is 67.2 cm³/mol. The summed E-state index contributed by atoms with van der Waals surface area (Å²) >= 11 is 0. The molecule has 2 unspecified atom stereocenters. The van der Waals surface area contributed by atoms with Crippen LogP contribution in [0.25, 0.3) is 0 Å². The van der Waals surface area contributed by atoms with Gasteiger partial charge in [0.15, 0.2) is 0 Å². The quantitative estimate of drug-likeness (QED) is 0.770. The minimum absolute atomic E-state index is 0.0544. The second-order valence-corrected chi connectivity index (χ2v) is 5.32. The molecule has 0 spiro atoms. The Morgan fingerprint density at radius 3 is 2.74 bits per heavy atom. The van der Waals surface area contributed by atoms with Crippen LogP contribution in [0.2, 0.25) is 0 Å². The van der Waals surface area contributed by atoms with E-state index in [4.69, 9.17) is 9.47 Å². The Bertz CT molecular complexity index is 471. The number of esters is 1. The summed E-state index contributed by atoms with van der Waals surface area (Å²) in [6, 6.07) is 6.42. The second kappa shape index (κ2) is 4.93. The van der Waals surface area contributed by atoms with Gasteiger partial charge in [-0.05, 0) is 37.0 Å². The van der Waals surface area contributed by atoms with Gasteiger partial charge in [0, 0.05) is 5.92 Å². The van der Waals surface area contributed by atoms with Crippen LogP contribution in [0, 0.1) is 11.7 Å². The van der Waals surface area contributed by atoms with Crippen LogP contribution < -0.4 is 0 Å². The zero-order chi connectivity index (χ0) is 13.4. The molecule has 4 heteroatoms. The largest absolute Gasteiger partial charge is 0.469 e. The number of hydrogen-bond donors (Lipinski definition) is 0. The van der Waals surface area contributed by atoms with Crippen molar-refractivity contribution in [2.75, 3.05) is 7.11 Å². The Morgan fingerprint density at radius 2 is 2.05 bits per heavy atom. The lowest BCUT2D eigenvalue weighted by molar-refractivity contribution is -0.156. The zero-order valence-corrected chi connectivity index (χ0v) is 10.8. The van der Waals surface area contributed by atoms with Crippen molar-refractivity contribution >= 4 is 5.97 Å². The summed E-state index contributed by atoms with van der Waals surface area (Å²) in [6.07, 6.45) is 2.88. The first-order valence-electron chi connectivity index (χ1n) is 6.68. The molecule has 2 heterocycles. The molecule has 19 heavy (non-hydrogen) atoms. The normalized spacial score (nSPS) is 33.2. The van der Waals surface area contributed by atoms with E-state index in [1.807, 2.05) is 0 Å². The highest BCUT2D eigenvalue weighted by molar-refractivity contribution is 5.74. The van der Waals surface area contributed by atoms with Crippen LogP contribution in [0.15, 0.2) is 24.3 Å². The van der Waals surface area contributed by atoms with Gasteiger partial charge in [-0.1, -0.05) is 12.1 Å². The van der Waals surface area contributed by atoms with Gasteiger partial charge in [0.25, 0.3) is 0 Å². The van der Waals surface area contributed by atoms with E-state index in [9.17, 15) is 9.18 Å². The van der Waals surface area contributed by atoms with Gasteiger partial charge in [0.05, 0.1) is 25.2 Å². The molecule has 0 saturated carbocycles. The van der Waals surface area contributed by atoms with Gasteiger partial charge in [-0.2, -0.15) is 0 Å². The number of carbonyl (C=O) groups excluding carboxylic acids is 1. The number of hydrogen-bond acceptors (Lipinski definition) is 3. The lowest BCUT2D eigenvalue weighted by Crippen LogP contribution is -2.39. The molecule has 102 valence electrons. The number of carbonyl (C=O) groups is 1. The van der Waals surface area contributed by atoms with E-state index >= 15 is 0 Å². The molecule has 4 atom stereocenters. The summed E-state index contributed by atoms with van der Waals surface area (Å²) < 4.78 is 23.8. The number of ether oxygens (including phenoxy) is 2. The van der Waals surface area contributed by atoms with Crippen molar-refractivity contribution in [2.24, 2.45) is 5.92 Å².